The molecule has 2 unspecified atom stereocenters. The van der Waals surface area contributed by atoms with E-state index in [1.54, 1.807) is 5.38 Å². The molecule has 1 aromatic carbocycles. The molecule has 1 N–H and O–H groups in total. The first-order valence-electron chi connectivity index (χ1n) is 8.61. The number of nitrogens with one attached hydrogen (secondary N) is 1. The number of rotatable bonds is 5. The van der Waals surface area contributed by atoms with Gasteiger partial charge in [-0.3, -0.25) is 4.79 Å². The second-order valence-electron chi connectivity index (χ2n) is 6.56. The van der Waals surface area contributed by atoms with Gasteiger partial charge >= 0.3 is 5.97 Å². The van der Waals surface area contributed by atoms with Crippen LogP contribution in [0.3, 0.4) is 0 Å². The Balaban J connectivity index is 1.71. The molecule has 1 aliphatic heterocycles. The number of amides is 1. The van der Waals surface area contributed by atoms with Crippen LogP contribution in [0.25, 0.3) is 0 Å². The van der Waals surface area contributed by atoms with Crippen molar-refractivity contribution in [3.05, 3.63) is 45.9 Å². The molecule has 1 aliphatic rings. The van der Waals surface area contributed by atoms with E-state index in [1.807, 2.05) is 45.0 Å². The van der Waals surface area contributed by atoms with Crippen LogP contribution in [0.4, 0.5) is 0 Å². The van der Waals surface area contributed by atoms with Crippen LogP contribution in [-0.2, 0) is 9.53 Å². The van der Waals surface area contributed by atoms with Crippen LogP contribution in [0.2, 0.25) is 0 Å². The summed E-state index contributed by atoms with van der Waals surface area (Å²) in [5, 5.41) is 5.42. The summed E-state index contributed by atoms with van der Waals surface area (Å²) >= 11 is 1.37. The minimum Gasteiger partial charge on any atom is -0.493 e. The predicted molar refractivity (Wildman–Crippen MR) is 98.3 cm³/mol. The smallest absolute Gasteiger partial charge is 0.358 e. The normalized spacial score (nSPS) is 17.2. The van der Waals surface area contributed by atoms with E-state index < -0.39 is 12.1 Å². The monoisotopic (exact) mass is 374 g/mol. The number of fused-ring (bicyclic) bond motifs is 1. The van der Waals surface area contributed by atoms with Crippen LogP contribution < -0.4 is 10.1 Å². The number of carbonyl (C=O) groups is 2. The molecule has 26 heavy (non-hydrogen) atoms. The van der Waals surface area contributed by atoms with Crippen LogP contribution in [0.5, 0.6) is 5.75 Å². The maximum Gasteiger partial charge on any atom is 0.358 e. The lowest BCUT2D eigenvalue weighted by Crippen LogP contribution is -2.43. The first-order chi connectivity index (χ1) is 12.5. The van der Waals surface area contributed by atoms with Gasteiger partial charge in [0.2, 0.25) is 0 Å². The van der Waals surface area contributed by atoms with E-state index in [4.69, 9.17) is 9.47 Å². The van der Waals surface area contributed by atoms with Crippen molar-refractivity contribution < 1.29 is 19.1 Å². The average Bonchev–Trinajstić information content (AvgIpc) is 3.06. The van der Waals surface area contributed by atoms with E-state index in [9.17, 15) is 9.59 Å². The second kappa shape index (κ2) is 7.86. The molecule has 0 saturated carbocycles. The fourth-order valence-electron chi connectivity index (χ4n) is 2.87. The highest BCUT2D eigenvalue weighted by atomic mass is 32.1. The predicted octanol–water partition coefficient (Wildman–Crippen LogP) is 3.27. The molecule has 138 valence electrons. The van der Waals surface area contributed by atoms with Crippen molar-refractivity contribution in [2.24, 2.45) is 5.92 Å². The van der Waals surface area contributed by atoms with Crippen molar-refractivity contribution in [2.45, 2.75) is 39.3 Å². The molecule has 0 saturated heterocycles. The SMILES string of the molecule is Cc1nc(C(=O)OC(C(=O)NC2CCOc3ccccc32)C(C)C)cs1. The third-order valence-corrected chi connectivity index (χ3v) is 4.97. The van der Waals surface area contributed by atoms with Gasteiger partial charge in [-0.15, -0.1) is 11.3 Å². The Kier molecular flexibility index (Phi) is 5.56. The minimum absolute atomic E-state index is 0.158. The number of nitrogens with zero attached hydrogens (tertiary/aromatic N) is 1. The zero-order valence-electron chi connectivity index (χ0n) is 15.0. The summed E-state index contributed by atoms with van der Waals surface area (Å²) in [6.07, 6.45) is -0.202. The number of thiazole rings is 1. The topological polar surface area (TPSA) is 77.5 Å². The van der Waals surface area contributed by atoms with Crippen LogP contribution >= 0.6 is 11.3 Å². The number of aromatic nitrogens is 1. The number of esters is 1. The molecular formula is C19H22N2O4S. The Morgan fingerprint density at radius 3 is 2.81 bits per heavy atom. The largest absolute Gasteiger partial charge is 0.493 e. The van der Waals surface area contributed by atoms with Gasteiger partial charge in [0.25, 0.3) is 5.91 Å². The molecule has 2 aromatic rings. The molecule has 2 heterocycles. The van der Waals surface area contributed by atoms with Gasteiger partial charge < -0.3 is 14.8 Å². The van der Waals surface area contributed by atoms with Gasteiger partial charge in [-0.2, -0.15) is 0 Å². The molecule has 1 aromatic heterocycles. The molecule has 2 atom stereocenters. The Hall–Kier alpha value is -2.41. The third kappa shape index (κ3) is 4.04. The Labute approximate surface area is 156 Å². The maximum atomic E-state index is 12.8. The number of benzene rings is 1. The lowest BCUT2D eigenvalue weighted by Gasteiger charge is -2.29. The Bertz CT molecular complexity index is 802. The van der Waals surface area contributed by atoms with Gasteiger partial charge in [-0.05, 0) is 18.9 Å². The summed E-state index contributed by atoms with van der Waals surface area (Å²) in [6.45, 7) is 6.05. The molecule has 0 aliphatic carbocycles. The first-order valence-corrected chi connectivity index (χ1v) is 9.49. The summed E-state index contributed by atoms with van der Waals surface area (Å²) < 4.78 is 11.1. The van der Waals surface area contributed by atoms with Gasteiger partial charge in [-0.1, -0.05) is 32.0 Å². The van der Waals surface area contributed by atoms with E-state index in [0.717, 1.165) is 16.3 Å². The van der Waals surface area contributed by atoms with Crippen molar-refractivity contribution in [1.82, 2.24) is 10.3 Å². The molecule has 1 amide bonds. The first kappa shape index (κ1) is 18.4. The van der Waals surface area contributed by atoms with Gasteiger partial charge in [0.15, 0.2) is 11.8 Å². The van der Waals surface area contributed by atoms with Crippen molar-refractivity contribution in [1.29, 1.82) is 0 Å². The fourth-order valence-corrected chi connectivity index (χ4v) is 3.45. The van der Waals surface area contributed by atoms with E-state index in [0.29, 0.717) is 13.0 Å². The lowest BCUT2D eigenvalue weighted by atomic mass is 9.99. The average molecular weight is 374 g/mol. The van der Waals surface area contributed by atoms with Gasteiger partial charge in [0.1, 0.15) is 5.75 Å². The van der Waals surface area contributed by atoms with E-state index in [-0.39, 0.29) is 23.6 Å². The molecule has 3 rings (SSSR count). The number of hydrogen-bond donors (Lipinski definition) is 1. The van der Waals surface area contributed by atoms with E-state index in [1.165, 1.54) is 11.3 Å². The summed E-state index contributed by atoms with van der Waals surface area (Å²) in [5.74, 6) is -0.258. The number of para-hydroxylation sites is 1. The van der Waals surface area contributed by atoms with Crippen LogP contribution in [-0.4, -0.2) is 29.6 Å². The van der Waals surface area contributed by atoms with E-state index >= 15 is 0 Å². The van der Waals surface area contributed by atoms with Crippen LogP contribution in [0.15, 0.2) is 29.6 Å². The van der Waals surface area contributed by atoms with Crippen molar-refractivity contribution in [3.8, 4) is 5.75 Å². The summed E-state index contributed by atoms with van der Waals surface area (Å²) in [7, 11) is 0. The van der Waals surface area contributed by atoms with Gasteiger partial charge in [0.05, 0.1) is 17.7 Å². The van der Waals surface area contributed by atoms with Gasteiger partial charge in [-0.25, -0.2) is 9.78 Å². The van der Waals surface area contributed by atoms with Crippen molar-refractivity contribution in [2.75, 3.05) is 6.61 Å². The van der Waals surface area contributed by atoms with E-state index in [2.05, 4.69) is 10.3 Å². The fraction of sp³-hybridized carbons (Fsp3) is 0.421. The summed E-state index contributed by atoms with van der Waals surface area (Å²) in [6, 6.07) is 7.48. The molecule has 6 nitrogen and oxygen atoms in total. The molecule has 0 radical (unpaired) electrons. The summed E-state index contributed by atoms with van der Waals surface area (Å²) in [4.78, 5) is 29.2. The molecular weight excluding hydrogens is 352 g/mol. The Morgan fingerprint density at radius 1 is 1.35 bits per heavy atom. The maximum absolute atomic E-state index is 12.8. The highest BCUT2D eigenvalue weighted by molar-refractivity contribution is 7.09. The Morgan fingerprint density at radius 2 is 2.12 bits per heavy atom. The van der Waals surface area contributed by atoms with Crippen molar-refractivity contribution in [3.63, 3.8) is 0 Å². The van der Waals surface area contributed by atoms with Crippen LogP contribution in [0, 0.1) is 12.8 Å². The third-order valence-electron chi connectivity index (χ3n) is 4.20. The molecule has 0 fully saturated rings. The zero-order chi connectivity index (χ0) is 18.7. The summed E-state index contributed by atoms with van der Waals surface area (Å²) in [5.41, 5.74) is 1.18. The quantitative estimate of drug-likeness (QED) is 0.813. The molecule has 0 spiro atoms. The number of aryl methyl sites for hydroxylation is 1. The standard InChI is InChI=1S/C19H22N2O4S/c1-11(2)17(25-19(23)15-10-26-12(3)20-15)18(22)21-14-8-9-24-16-7-5-4-6-13(14)16/h4-7,10-11,14,17H,8-9H2,1-3H3,(H,21,22). The highest BCUT2D eigenvalue weighted by Crippen LogP contribution is 2.31. The lowest BCUT2D eigenvalue weighted by molar-refractivity contribution is -0.133. The number of hydrogen-bond acceptors (Lipinski definition) is 6. The number of carbonyl (C=O) groups excluding carboxylic acids is 2. The van der Waals surface area contributed by atoms with Crippen molar-refractivity contribution >= 4 is 23.2 Å². The highest BCUT2D eigenvalue weighted by Gasteiger charge is 2.31. The second-order valence-corrected chi connectivity index (χ2v) is 7.62. The zero-order valence-corrected chi connectivity index (χ0v) is 15.8. The molecule has 7 heteroatoms. The number of ether oxygens (including phenoxy) is 2. The van der Waals surface area contributed by atoms with Gasteiger partial charge in [0, 0.05) is 17.4 Å². The molecule has 0 bridgehead atoms. The van der Waals surface area contributed by atoms with Crippen LogP contribution in [0.1, 0.15) is 47.4 Å². The minimum atomic E-state index is -0.875.